The Labute approximate surface area is 178 Å². The van der Waals surface area contributed by atoms with E-state index in [0.717, 1.165) is 18.8 Å². The van der Waals surface area contributed by atoms with Crippen molar-refractivity contribution in [2.45, 2.75) is 71.3 Å². The van der Waals surface area contributed by atoms with Gasteiger partial charge in [-0.25, -0.2) is 4.98 Å². The zero-order valence-corrected chi connectivity index (χ0v) is 18.1. The molecule has 1 aromatic rings. The second-order valence-corrected chi connectivity index (χ2v) is 10.6. The molecular formula is C24H34N4O2. The van der Waals surface area contributed by atoms with E-state index in [1.165, 1.54) is 32.1 Å². The van der Waals surface area contributed by atoms with E-state index in [0.29, 0.717) is 35.5 Å². The number of aromatic nitrogens is 2. The van der Waals surface area contributed by atoms with Gasteiger partial charge in [-0.15, -0.1) is 0 Å². The number of hydrogen-bond acceptors (Lipinski definition) is 3. The Balaban J connectivity index is 1.42. The van der Waals surface area contributed by atoms with E-state index in [1.54, 1.807) is 18.5 Å². The molecule has 2 amide bonds. The zero-order valence-electron chi connectivity index (χ0n) is 18.1. The summed E-state index contributed by atoms with van der Waals surface area (Å²) < 4.78 is 0. The molecule has 0 spiro atoms. The molecule has 6 nitrogen and oxygen atoms in total. The second kappa shape index (κ2) is 6.96. The Bertz CT molecular complexity index is 865. The van der Waals surface area contributed by atoms with Crippen LogP contribution in [-0.2, 0) is 9.59 Å². The average Bonchev–Trinajstić information content (AvgIpc) is 3.34. The molecule has 3 saturated carbocycles. The summed E-state index contributed by atoms with van der Waals surface area (Å²) in [4.78, 5) is 33.6. The summed E-state index contributed by atoms with van der Waals surface area (Å²) in [6.45, 7) is 4.85. The second-order valence-electron chi connectivity index (χ2n) is 10.6. The highest BCUT2D eigenvalue weighted by Crippen LogP contribution is 2.66. The number of nitrogens with zero attached hydrogens (tertiary/aromatic N) is 2. The van der Waals surface area contributed by atoms with Crippen LogP contribution in [0, 0.1) is 34.5 Å². The van der Waals surface area contributed by atoms with Crippen LogP contribution < -0.4 is 10.6 Å². The molecule has 1 aromatic heterocycles. The van der Waals surface area contributed by atoms with Gasteiger partial charge >= 0.3 is 0 Å². The van der Waals surface area contributed by atoms with Gasteiger partial charge in [-0.1, -0.05) is 19.9 Å². The highest BCUT2D eigenvalue weighted by Gasteiger charge is 2.60. The van der Waals surface area contributed by atoms with Gasteiger partial charge in [0.25, 0.3) is 5.91 Å². The number of rotatable bonds is 4. The molecule has 7 atom stereocenters. The SMILES string of the molecule is C[C@]12C=CC(=O)N(c3ncc[nH]3)[C@@H]1CC[C@@H]1[C@@H]2CC[C@]2(C)[C@@H](CCC(N)=O)CC[C@@H]12. The molecule has 0 saturated heterocycles. The first-order chi connectivity index (χ1) is 14.3. The van der Waals surface area contributed by atoms with Gasteiger partial charge in [0.1, 0.15) is 0 Å². The van der Waals surface area contributed by atoms with Crippen molar-refractivity contribution in [3.63, 3.8) is 0 Å². The molecule has 3 aliphatic carbocycles. The lowest BCUT2D eigenvalue weighted by molar-refractivity contribution is -0.120. The fourth-order valence-electron chi connectivity index (χ4n) is 8.04. The number of primary amides is 1. The third-order valence-electron chi connectivity index (χ3n) is 9.51. The first-order valence-electron chi connectivity index (χ1n) is 11.6. The van der Waals surface area contributed by atoms with Crippen LogP contribution in [0.4, 0.5) is 5.95 Å². The molecule has 0 bridgehead atoms. The van der Waals surface area contributed by atoms with Gasteiger partial charge in [-0.3, -0.25) is 14.5 Å². The number of amides is 2. The van der Waals surface area contributed by atoms with Crippen molar-refractivity contribution in [2.75, 3.05) is 4.90 Å². The van der Waals surface area contributed by atoms with Crippen molar-refractivity contribution in [3.8, 4) is 0 Å². The molecule has 1 aliphatic heterocycles. The number of anilines is 1. The number of carbonyl (C=O) groups is 2. The van der Waals surface area contributed by atoms with E-state index in [1.807, 2.05) is 4.90 Å². The highest BCUT2D eigenvalue weighted by molar-refractivity contribution is 6.02. The third-order valence-corrected chi connectivity index (χ3v) is 9.51. The average molecular weight is 411 g/mol. The van der Waals surface area contributed by atoms with Crippen molar-refractivity contribution in [1.29, 1.82) is 0 Å². The molecule has 0 unspecified atom stereocenters. The van der Waals surface area contributed by atoms with Crippen LogP contribution in [0.5, 0.6) is 0 Å². The molecule has 30 heavy (non-hydrogen) atoms. The Morgan fingerprint density at radius 2 is 2.07 bits per heavy atom. The van der Waals surface area contributed by atoms with Crippen LogP contribution in [0.2, 0.25) is 0 Å². The van der Waals surface area contributed by atoms with Gasteiger partial charge in [-0.05, 0) is 74.0 Å². The molecule has 3 fully saturated rings. The van der Waals surface area contributed by atoms with Gasteiger partial charge in [0.2, 0.25) is 11.9 Å². The summed E-state index contributed by atoms with van der Waals surface area (Å²) in [5.41, 5.74) is 5.77. The van der Waals surface area contributed by atoms with E-state index >= 15 is 0 Å². The molecule has 162 valence electrons. The van der Waals surface area contributed by atoms with E-state index in [4.69, 9.17) is 5.73 Å². The summed E-state index contributed by atoms with van der Waals surface area (Å²) in [5, 5.41) is 0. The fraction of sp³-hybridized carbons (Fsp3) is 0.708. The number of carbonyl (C=O) groups excluding carboxylic acids is 2. The Morgan fingerprint density at radius 1 is 1.23 bits per heavy atom. The van der Waals surface area contributed by atoms with E-state index in [9.17, 15) is 9.59 Å². The number of aromatic amines is 1. The molecule has 5 rings (SSSR count). The molecule has 2 heterocycles. The summed E-state index contributed by atoms with van der Waals surface area (Å²) in [5.74, 6) is 3.16. The maximum absolute atomic E-state index is 12.8. The molecule has 4 aliphatic rings. The number of hydrogen-bond donors (Lipinski definition) is 2. The quantitative estimate of drug-likeness (QED) is 0.791. The van der Waals surface area contributed by atoms with Gasteiger partial charge in [-0.2, -0.15) is 0 Å². The first kappa shape index (κ1) is 19.8. The molecule has 6 heteroatoms. The van der Waals surface area contributed by atoms with Crippen LogP contribution in [0.1, 0.15) is 65.2 Å². The van der Waals surface area contributed by atoms with Crippen molar-refractivity contribution < 1.29 is 9.59 Å². The number of fused-ring (bicyclic) bond motifs is 5. The van der Waals surface area contributed by atoms with Crippen LogP contribution in [0.25, 0.3) is 0 Å². The van der Waals surface area contributed by atoms with Gasteiger partial charge in [0, 0.05) is 36.3 Å². The Hall–Kier alpha value is -2.11. The number of imidazole rings is 1. The number of nitrogens with one attached hydrogen (secondary N) is 1. The van der Waals surface area contributed by atoms with Crippen LogP contribution >= 0.6 is 0 Å². The summed E-state index contributed by atoms with van der Waals surface area (Å²) in [6, 6.07) is 0.166. The van der Waals surface area contributed by atoms with Crippen molar-refractivity contribution in [1.82, 2.24) is 9.97 Å². The Morgan fingerprint density at radius 3 is 2.80 bits per heavy atom. The standard InChI is InChI=1S/C24H34N4O2/c1-23-11-9-18-16(17(23)6-3-15(23)4-8-20(25)29)5-7-19-24(18,2)12-10-21(30)28(19)22-26-13-14-27-22/h10,12-19H,3-9,11H2,1-2H3,(H2,25,29)(H,26,27)/t15-,16+,17+,18+,19-,23-,24-/m1/s1. The number of nitrogens with two attached hydrogens (primary N) is 1. The molecule has 0 radical (unpaired) electrons. The Kier molecular flexibility index (Phi) is 4.60. The lowest BCUT2D eigenvalue weighted by Gasteiger charge is -2.60. The minimum absolute atomic E-state index is 0.0176. The predicted octanol–water partition coefficient (Wildman–Crippen LogP) is 3.81. The van der Waals surface area contributed by atoms with E-state index in [-0.39, 0.29) is 23.3 Å². The largest absolute Gasteiger partial charge is 0.370 e. The lowest BCUT2D eigenvalue weighted by Crippen LogP contribution is -2.61. The van der Waals surface area contributed by atoms with Crippen molar-refractivity contribution in [2.24, 2.45) is 40.2 Å². The van der Waals surface area contributed by atoms with Gasteiger partial charge < -0.3 is 10.7 Å². The maximum Gasteiger partial charge on any atom is 0.253 e. The van der Waals surface area contributed by atoms with E-state index in [2.05, 4.69) is 29.9 Å². The van der Waals surface area contributed by atoms with Crippen LogP contribution in [0.15, 0.2) is 24.5 Å². The fourth-order valence-corrected chi connectivity index (χ4v) is 8.04. The first-order valence-corrected chi connectivity index (χ1v) is 11.6. The van der Waals surface area contributed by atoms with Crippen LogP contribution in [-0.4, -0.2) is 27.8 Å². The monoisotopic (exact) mass is 410 g/mol. The minimum Gasteiger partial charge on any atom is -0.370 e. The zero-order chi connectivity index (χ0) is 21.1. The van der Waals surface area contributed by atoms with Crippen molar-refractivity contribution in [3.05, 3.63) is 24.5 Å². The summed E-state index contributed by atoms with van der Waals surface area (Å²) >= 11 is 0. The molecule has 3 N–H and O–H groups in total. The third kappa shape index (κ3) is 2.78. The van der Waals surface area contributed by atoms with Crippen molar-refractivity contribution >= 4 is 17.8 Å². The minimum atomic E-state index is -0.168. The number of H-pyrrole nitrogens is 1. The predicted molar refractivity (Wildman–Crippen MR) is 115 cm³/mol. The van der Waals surface area contributed by atoms with Crippen LogP contribution in [0.3, 0.4) is 0 Å². The topological polar surface area (TPSA) is 92.1 Å². The smallest absolute Gasteiger partial charge is 0.253 e. The summed E-state index contributed by atoms with van der Waals surface area (Å²) in [6.07, 6.45) is 16.1. The van der Waals surface area contributed by atoms with E-state index < -0.39 is 0 Å². The molecule has 0 aromatic carbocycles. The summed E-state index contributed by atoms with van der Waals surface area (Å²) in [7, 11) is 0. The van der Waals surface area contributed by atoms with Gasteiger partial charge in [0.05, 0.1) is 0 Å². The lowest BCUT2D eigenvalue weighted by atomic mass is 9.47. The highest BCUT2D eigenvalue weighted by atomic mass is 16.2. The normalized spacial score (nSPS) is 42.5. The molecular weight excluding hydrogens is 376 g/mol. The van der Waals surface area contributed by atoms with Gasteiger partial charge in [0.15, 0.2) is 0 Å². The maximum atomic E-state index is 12.8.